The number of hydrogen-bond donors (Lipinski definition) is 1. The first kappa shape index (κ1) is 15.2. The minimum Gasteiger partial charge on any atom is -0.348 e. The molecule has 0 aliphatic carbocycles. The van der Waals surface area contributed by atoms with Crippen molar-refractivity contribution < 1.29 is 14.7 Å². The van der Waals surface area contributed by atoms with Crippen molar-refractivity contribution in [1.82, 2.24) is 5.06 Å². The van der Waals surface area contributed by atoms with E-state index in [4.69, 9.17) is 9.47 Å². The number of rotatable bonds is 6. The Balaban J connectivity index is 2.02. The van der Waals surface area contributed by atoms with Crippen LogP contribution in [-0.4, -0.2) is 34.8 Å². The molecule has 1 aromatic carbocycles. The molecule has 4 heteroatoms. The van der Waals surface area contributed by atoms with Crippen molar-refractivity contribution in [2.45, 2.75) is 44.7 Å². The minimum absolute atomic E-state index is 0.156. The SMILES string of the molecule is C=CC[C@@H]([C@H]1COC(C)(C)O1)N(O)Cc1ccccc1. The van der Waals surface area contributed by atoms with Crippen LogP contribution in [0.5, 0.6) is 0 Å². The molecule has 2 rings (SSSR count). The van der Waals surface area contributed by atoms with Gasteiger partial charge in [0.15, 0.2) is 5.79 Å². The molecule has 110 valence electrons. The smallest absolute Gasteiger partial charge is 0.163 e. The second-order valence-electron chi connectivity index (χ2n) is 5.54. The van der Waals surface area contributed by atoms with E-state index in [1.165, 1.54) is 5.06 Å². The third-order valence-corrected chi connectivity index (χ3v) is 3.44. The second kappa shape index (κ2) is 6.50. The van der Waals surface area contributed by atoms with Crippen LogP contribution in [0.4, 0.5) is 0 Å². The van der Waals surface area contributed by atoms with Crippen LogP contribution in [-0.2, 0) is 16.0 Å². The van der Waals surface area contributed by atoms with Crippen LogP contribution >= 0.6 is 0 Å². The maximum Gasteiger partial charge on any atom is 0.163 e. The van der Waals surface area contributed by atoms with Gasteiger partial charge < -0.3 is 14.7 Å². The summed E-state index contributed by atoms with van der Waals surface area (Å²) in [5.74, 6) is -0.586. The third kappa shape index (κ3) is 3.90. The summed E-state index contributed by atoms with van der Waals surface area (Å²) in [6.45, 7) is 8.48. The standard InChI is InChI=1S/C16H23NO3/c1-4-8-14(15-12-19-16(2,3)20-15)17(18)11-13-9-6-5-7-10-13/h4-7,9-10,14-15,18H,1,8,11-12H2,2-3H3/t14-,15+/m0/s1. The average molecular weight is 277 g/mol. The van der Waals surface area contributed by atoms with Crippen LogP contribution < -0.4 is 0 Å². The molecule has 1 fully saturated rings. The van der Waals surface area contributed by atoms with E-state index >= 15 is 0 Å². The van der Waals surface area contributed by atoms with Gasteiger partial charge in [0.25, 0.3) is 0 Å². The zero-order chi connectivity index (χ0) is 14.6. The van der Waals surface area contributed by atoms with Crippen LogP contribution in [0.15, 0.2) is 43.0 Å². The predicted molar refractivity (Wildman–Crippen MR) is 77.3 cm³/mol. The molecule has 1 heterocycles. The number of hydrogen-bond acceptors (Lipinski definition) is 4. The summed E-state index contributed by atoms with van der Waals surface area (Å²) in [5.41, 5.74) is 1.06. The van der Waals surface area contributed by atoms with Crippen molar-refractivity contribution in [1.29, 1.82) is 0 Å². The molecule has 1 N–H and O–H groups in total. The van der Waals surface area contributed by atoms with E-state index in [9.17, 15) is 5.21 Å². The fraction of sp³-hybridized carbons (Fsp3) is 0.500. The van der Waals surface area contributed by atoms with Gasteiger partial charge in [-0.2, -0.15) is 5.06 Å². The molecular formula is C16H23NO3. The molecule has 0 spiro atoms. The van der Waals surface area contributed by atoms with Crippen molar-refractivity contribution in [3.8, 4) is 0 Å². The number of ether oxygens (including phenoxy) is 2. The molecule has 4 nitrogen and oxygen atoms in total. The van der Waals surface area contributed by atoms with Crippen molar-refractivity contribution in [2.24, 2.45) is 0 Å². The lowest BCUT2D eigenvalue weighted by atomic mass is 10.1. The summed E-state index contributed by atoms with van der Waals surface area (Å²) >= 11 is 0. The molecule has 1 aromatic rings. The van der Waals surface area contributed by atoms with Crippen molar-refractivity contribution in [3.05, 3.63) is 48.6 Å². The zero-order valence-corrected chi connectivity index (χ0v) is 12.2. The molecule has 0 aromatic heterocycles. The molecule has 1 aliphatic heterocycles. The van der Waals surface area contributed by atoms with Crippen LogP contribution in [0.25, 0.3) is 0 Å². The van der Waals surface area contributed by atoms with Gasteiger partial charge >= 0.3 is 0 Å². The van der Waals surface area contributed by atoms with Gasteiger partial charge in [0.05, 0.1) is 12.6 Å². The first-order chi connectivity index (χ1) is 9.52. The Bertz CT molecular complexity index is 433. The fourth-order valence-electron chi connectivity index (χ4n) is 2.43. The summed E-state index contributed by atoms with van der Waals surface area (Å²) in [5, 5.41) is 11.7. The van der Waals surface area contributed by atoms with E-state index in [1.807, 2.05) is 44.2 Å². The highest BCUT2D eigenvalue weighted by Gasteiger charge is 2.39. The van der Waals surface area contributed by atoms with Crippen LogP contribution in [0.1, 0.15) is 25.8 Å². The highest BCUT2D eigenvalue weighted by Crippen LogP contribution is 2.27. The fourth-order valence-corrected chi connectivity index (χ4v) is 2.43. The maximum absolute atomic E-state index is 10.4. The Kier molecular flexibility index (Phi) is 4.94. The average Bonchev–Trinajstić information content (AvgIpc) is 2.77. The molecule has 0 saturated carbocycles. The van der Waals surface area contributed by atoms with Gasteiger partial charge in [-0.3, -0.25) is 0 Å². The Morgan fingerprint density at radius 1 is 1.45 bits per heavy atom. The molecule has 0 radical (unpaired) electrons. The second-order valence-corrected chi connectivity index (χ2v) is 5.54. The van der Waals surface area contributed by atoms with E-state index in [0.29, 0.717) is 19.6 Å². The molecule has 0 bridgehead atoms. The number of nitrogens with zero attached hydrogens (tertiary/aromatic N) is 1. The summed E-state index contributed by atoms with van der Waals surface area (Å²) < 4.78 is 11.4. The highest BCUT2D eigenvalue weighted by atomic mass is 16.7. The quantitative estimate of drug-likeness (QED) is 0.641. The third-order valence-electron chi connectivity index (χ3n) is 3.44. The van der Waals surface area contributed by atoms with Gasteiger partial charge in [-0.05, 0) is 25.8 Å². The van der Waals surface area contributed by atoms with Gasteiger partial charge in [-0.25, -0.2) is 0 Å². The summed E-state index contributed by atoms with van der Waals surface area (Å²) in [7, 11) is 0. The summed E-state index contributed by atoms with van der Waals surface area (Å²) in [6.07, 6.45) is 2.29. The minimum atomic E-state index is -0.586. The van der Waals surface area contributed by atoms with Gasteiger partial charge in [-0.15, -0.1) is 6.58 Å². The zero-order valence-electron chi connectivity index (χ0n) is 12.2. The van der Waals surface area contributed by atoms with Crippen LogP contribution in [0, 0.1) is 0 Å². The Morgan fingerprint density at radius 2 is 2.15 bits per heavy atom. The lowest BCUT2D eigenvalue weighted by Crippen LogP contribution is -2.43. The topological polar surface area (TPSA) is 41.9 Å². The van der Waals surface area contributed by atoms with Crippen molar-refractivity contribution in [3.63, 3.8) is 0 Å². The highest BCUT2D eigenvalue weighted by molar-refractivity contribution is 5.14. The van der Waals surface area contributed by atoms with Crippen molar-refractivity contribution >= 4 is 0 Å². The molecular weight excluding hydrogens is 254 g/mol. The molecule has 1 saturated heterocycles. The van der Waals surface area contributed by atoms with Gasteiger partial charge in [0.2, 0.25) is 0 Å². The van der Waals surface area contributed by atoms with Crippen LogP contribution in [0.3, 0.4) is 0 Å². The molecule has 2 atom stereocenters. The van der Waals surface area contributed by atoms with Gasteiger partial charge in [0.1, 0.15) is 6.10 Å². The van der Waals surface area contributed by atoms with Crippen molar-refractivity contribution in [2.75, 3.05) is 6.61 Å². The Morgan fingerprint density at radius 3 is 2.70 bits per heavy atom. The van der Waals surface area contributed by atoms with Gasteiger partial charge in [-0.1, -0.05) is 36.4 Å². The van der Waals surface area contributed by atoms with E-state index in [2.05, 4.69) is 6.58 Å². The monoisotopic (exact) mass is 277 g/mol. The Labute approximate surface area is 120 Å². The predicted octanol–water partition coefficient (Wildman–Crippen LogP) is 2.97. The molecule has 20 heavy (non-hydrogen) atoms. The molecule has 1 aliphatic rings. The lowest BCUT2D eigenvalue weighted by molar-refractivity contribution is -0.188. The summed E-state index contributed by atoms with van der Waals surface area (Å²) in [4.78, 5) is 0. The van der Waals surface area contributed by atoms with Crippen LogP contribution in [0.2, 0.25) is 0 Å². The first-order valence-electron chi connectivity index (χ1n) is 6.94. The van der Waals surface area contributed by atoms with E-state index < -0.39 is 5.79 Å². The van der Waals surface area contributed by atoms with Gasteiger partial charge in [0, 0.05) is 6.54 Å². The number of hydroxylamine groups is 2. The normalized spacial score (nSPS) is 22.9. The number of benzene rings is 1. The maximum atomic E-state index is 10.4. The van der Waals surface area contributed by atoms with E-state index in [0.717, 1.165) is 5.56 Å². The summed E-state index contributed by atoms with van der Waals surface area (Å²) in [6, 6.07) is 9.71. The lowest BCUT2D eigenvalue weighted by Gasteiger charge is -2.30. The molecule has 0 unspecified atom stereocenters. The van der Waals surface area contributed by atoms with E-state index in [-0.39, 0.29) is 12.1 Å². The molecule has 0 amide bonds. The largest absolute Gasteiger partial charge is 0.348 e. The Hall–Kier alpha value is -1.20. The van der Waals surface area contributed by atoms with E-state index in [1.54, 1.807) is 6.08 Å². The first-order valence-corrected chi connectivity index (χ1v) is 6.94.